The van der Waals surface area contributed by atoms with E-state index in [2.05, 4.69) is 23.5 Å². The highest BCUT2D eigenvalue weighted by Gasteiger charge is 2.11. The van der Waals surface area contributed by atoms with Gasteiger partial charge in [0, 0.05) is 20.0 Å². The zero-order chi connectivity index (χ0) is 13.8. The minimum absolute atomic E-state index is 0.148. The van der Waals surface area contributed by atoms with E-state index in [0.29, 0.717) is 5.56 Å². The van der Waals surface area contributed by atoms with Gasteiger partial charge >= 0.3 is 0 Å². The summed E-state index contributed by atoms with van der Waals surface area (Å²) in [7, 11) is 0. The van der Waals surface area contributed by atoms with E-state index in [1.54, 1.807) is 28.9 Å². The van der Waals surface area contributed by atoms with Crippen LogP contribution in [0.5, 0.6) is 0 Å². The molecule has 2 rings (SSSR count). The molecule has 2 aromatic heterocycles. The number of aryl methyl sites for hydroxylation is 2. The summed E-state index contributed by atoms with van der Waals surface area (Å²) < 4.78 is 0. The molecule has 5 heteroatoms. The van der Waals surface area contributed by atoms with Gasteiger partial charge in [0.1, 0.15) is 0 Å². The van der Waals surface area contributed by atoms with Crippen molar-refractivity contribution in [2.24, 2.45) is 5.10 Å². The number of thiophene rings is 2. The Morgan fingerprint density at radius 3 is 2.79 bits per heavy atom. The summed E-state index contributed by atoms with van der Waals surface area (Å²) >= 11 is 3.27. The van der Waals surface area contributed by atoms with Gasteiger partial charge in [0.2, 0.25) is 0 Å². The van der Waals surface area contributed by atoms with Crippen LogP contribution in [0.3, 0.4) is 0 Å². The van der Waals surface area contributed by atoms with E-state index in [4.69, 9.17) is 0 Å². The second-order valence-electron chi connectivity index (χ2n) is 4.19. The Morgan fingerprint density at radius 2 is 2.21 bits per heavy atom. The van der Waals surface area contributed by atoms with Crippen molar-refractivity contribution in [2.75, 3.05) is 0 Å². The number of hydrogen-bond donors (Lipinski definition) is 1. The van der Waals surface area contributed by atoms with Crippen molar-refractivity contribution in [3.05, 3.63) is 43.3 Å². The average Bonchev–Trinajstić information content (AvgIpc) is 2.98. The largest absolute Gasteiger partial charge is 0.272 e. The molecule has 2 heterocycles. The molecule has 0 aromatic carbocycles. The van der Waals surface area contributed by atoms with Gasteiger partial charge in [0.25, 0.3) is 5.91 Å². The molecule has 0 saturated heterocycles. The van der Waals surface area contributed by atoms with Gasteiger partial charge in [-0.15, -0.1) is 22.7 Å². The van der Waals surface area contributed by atoms with E-state index < -0.39 is 0 Å². The van der Waals surface area contributed by atoms with Crippen molar-refractivity contribution < 1.29 is 4.79 Å². The zero-order valence-corrected chi connectivity index (χ0v) is 12.8. The molecule has 3 nitrogen and oxygen atoms in total. The first-order chi connectivity index (χ1) is 9.11. The lowest BCUT2D eigenvalue weighted by Crippen LogP contribution is -2.17. The summed E-state index contributed by atoms with van der Waals surface area (Å²) in [5, 5.41) is 5.88. The fourth-order valence-corrected chi connectivity index (χ4v) is 3.30. The van der Waals surface area contributed by atoms with E-state index in [1.807, 2.05) is 25.3 Å². The third-order valence-corrected chi connectivity index (χ3v) is 5.10. The smallest absolute Gasteiger partial charge is 0.267 e. The first-order valence-electron chi connectivity index (χ1n) is 6.08. The van der Waals surface area contributed by atoms with Crippen LogP contribution >= 0.6 is 22.7 Å². The monoisotopic (exact) mass is 292 g/mol. The maximum absolute atomic E-state index is 11.9. The first kappa shape index (κ1) is 14.0. The Morgan fingerprint density at radius 1 is 1.42 bits per heavy atom. The normalized spacial score (nSPS) is 11.1. The van der Waals surface area contributed by atoms with Crippen LogP contribution in [-0.2, 0) is 6.42 Å². The lowest BCUT2D eigenvalue weighted by atomic mass is 10.2. The Bertz CT molecular complexity index is 611. The van der Waals surface area contributed by atoms with Crippen molar-refractivity contribution in [3.8, 4) is 0 Å². The quantitative estimate of drug-likeness (QED) is 0.676. The summed E-state index contributed by atoms with van der Waals surface area (Å²) in [4.78, 5) is 15.5. The third-order valence-electron chi connectivity index (χ3n) is 2.92. The van der Waals surface area contributed by atoms with Crippen molar-refractivity contribution in [1.82, 2.24) is 5.43 Å². The molecule has 1 amide bonds. The molecule has 1 N–H and O–H groups in total. The Labute approximate surface area is 121 Å². The lowest BCUT2D eigenvalue weighted by molar-refractivity contribution is 0.0955. The number of amides is 1. The predicted octanol–water partition coefficient (Wildman–Crippen LogP) is 3.75. The number of hydrazone groups is 1. The van der Waals surface area contributed by atoms with Gasteiger partial charge in [-0.1, -0.05) is 6.92 Å². The predicted molar refractivity (Wildman–Crippen MR) is 82.6 cm³/mol. The first-order valence-corrected chi connectivity index (χ1v) is 7.78. The molecule has 0 bridgehead atoms. The Kier molecular flexibility index (Phi) is 4.50. The van der Waals surface area contributed by atoms with E-state index in [1.165, 1.54) is 9.75 Å². The second-order valence-corrected chi connectivity index (χ2v) is 6.47. The summed E-state index contributed by atoms with van der Waals surface area (Å²) in [5.74, 6) is -0.148. The van der Waals surface area contributed by atoms with E-state index >= 15 is 0 Å². The van der Waals surface area contributed by atoms with Gasteiger partial charge in [-0.3, -0.25) is 4.79 Å². The van der Waals surface area contributed by atoms with Crippen molar-refractivity contribution in [1.29, 1.82) is 0 Å². The topological polar surface area (TPSA) is 41.5 Å². The number of rotatable bonds is 4. The minimum Gasteiger partial charge on any atom is -0.267 e. The Hall–Kier alpha value is -1.46. The van der Waals surface area contributed by atoms with Gasteiger partial charge < -0.3 is 0 Å². The molecular formula is C14H16N2OS2. The van der Waals surface area contributed by atoms with Gasteiger partial charge in [0.05, 0.1) is 11.8 Å². The van der Waals surface area contributed by atoms with E-state index in [9.17, 15) is 4.79 Å². The van der Waals surface area contributed by atoms with Crippen LogP contribution in [0.1, 0.15) is 37.5 Å². The molecule has 0 saturated carbocycles. The van der Waals surface area contributed by atoms with Crippen LogP contribution in [0.4, 0.5) is 0 Å². The average molecular weight is 292 g/mol. The maximum atomic E-state index is 11.9. The molecule has 2 aromatic rings. The Balaban J connectivity index is 1.98. The molecule has 0 fully saturated rings. The standard InChI is InChI=1S/C14H16N2OS2/c1-4-11-5-6-12(19-11)7-15-16-14(17)13-8-18-10(3)9(13)2/h5-8H,4H2,1-3H3,(H,16,17). The highest BCUT2D eigenvalue weighted by atomic mass is 32.1. The number of carbonyl (C=O) groups excluding carboxylic acids is 1. The van der Waals surface area contributed by atoms with Crippen molar-refractivity contribution in [3.63, 3.8) is 0 Å². The summed E-state index contributed by atoms with van der Waals surface area (Å²) in [5.41, 5.74) is 4.31. The molecule has 100 valence electrons. The fourth-order valence-electron chi connectivity index (χ4n) is 1.61. The van der Waals surface area contributed by atoms with Gasteiger partial charge in [-0.2, -0.15) is 5.10 Å². The third kappa shape index (κ3) is 3.30. The summed E-state index contributed by atoms with van der Waals surface area (Å²) in [6.07, 6.45) is 2.72. The minimum atomic E-state index is -0.148. The number of hydrogen-bond acceptors (Lipinski definition) is 4. The highest BCUT2D eigenvalue weighted by molar-refractivity contribution is 7.13. The molecule has 0 radical (unpaired) electrons. The SMILES string of the molecule is CCc1ccc(C=NNC(=O)c2csc(C)c2C)s1. The van der Waals surface area contributed by atoms with Gasteiger partial charge in [0.15, 0.2) is 0 Å². The van der Waals surface area contributed by atoms with Crippen molar-refractivity contribution in [2.45, 2.75) is 27.2 Å². The maximum Gasteiger partial charge on any atom is 0.272 e. The van der Waals surface area contributed by atoms with Crippen LogP contribution in [0.15, 0.2) is 22.6 Å². The van der Waals surface area contributed by atoms with Crippen LogP contribution < -0.4 is 5.43 Å². The zero-order valence-electron chi connectivity index (χ0n) is 11.2. The lowest BCUT2D eigenvalue weighted by Gasteiger charge is -1.98. The van der Waals surface area contributed by atoms with E-state index in [-0.39, 0.29) is 5.91 Å². The second kappa shape index (κ2) is 6.12. The molecule has 0 unspecified atom stereocenters. The summed E-state index contributed by atoms with van der Waals surface area (Å²) in [6, 6.07) is 4.10. The molecule has 0 aliphatic carbocycles. The van der Waals surface area contributed by atoms with Crippen LogP contribution in [-0.4, -0.2) is 12.1 Å². The van der Waals surface area contributed by atoms with Crippen LogP contribution in [0.25, 0.3) is 0 Å². The molecule has 0 atom stereocenters. The summed E-state index contributed by atoms with van der Waals surface area (Å²) in [6.45, 7) is 6.09. The highest BCUT2D eigenvalue weighted by Crippen LogP contribution is 2.20. The van der Waals surface area contributed by atoms with Crippen molar-refractivity contribution >= 4 is 34.8 Å². The number of nitrogens with zero attached hydrogens (tertiary/aromatic N) is 1. The molecule has 0 aliphatic heterocycles. The molecule has 0 spiro atoms. The fraction of sp³-hybridized carbons (Fsp3) is 0.286. The number of carbonyl (C=O) groups is 1. The molecular weight excluding hydrogens is 276 g/mol. The van der Waals surface area contributed by atoms with Crippen LogP contribution in [0.2, 0.25) is 0 Å². The molecule has 0 aliphatic rings. The van der Waals surface area contributed by atoms with Crippen LogP contribution in [0, 0.1) is 13.8 Å². The van der Waals surface area contributed by atoms with Gasteiger partial charge in [-0.05, 0) is 38.0 Å². The van der Waals surface area contributed by atoms with E-state index in [0.717, 1.165) is 16.9 Å². The number of nitrogens with one attached hydrogen (secondary N) is 1. The van der Waals surface area contributed by atoms with Gasteiger partial charge in [-0.25, -0.2) is 5.43 Å². The molecule has 19 heavy (non-hydrogen) atoms.